The lowest BCUT2D eigenvalue weighted by Crippen LogP contribution is -2.28. The third kappa shape index (κ3) is 3.28. The zero-order valence-corrected chi connectivity index (χ0v) is 8.85. The Bertz CT molecular complexity index is 130. The van der Waals surface area contributed by atoms with Crippen LogP contribution in [0.2, 0.25) is 0 Å². The van der Waals surface area contributed by atoms with E-state index in [0.29, 0.717) is 5.41 Å². The first kappa shape index (κ1) is 11.0. The van der Waals surface area contributed by atoms with Crippen LogP contribution in [0.15, 0.2) is 0 Å². The predicted octanol–water partition coefficient (Wildman–Crippen LogP) is 2.32. The second-order valence-electron chi connectivity index (χ2n) is 4.27. The molecular formula is C11H23NO. The summed E-state index contributed by atoms with van der Waals surface area (Å²) in [5.41, 5.74) is 6.27. The first-order chi connectivity index (χ1) is 6.33. The maximum Gasteiger partial charge on any atom is 0.0471 e. The minimum absolute atomic E-state index is 0.438. The van der Waals surface area contributed by atoms with E-state index in [9.17, 15) is 0 Å². The average molecular weight is 185 g/mol. The van der Waals surface area contributed by atoms with E-state index in [4.69, 9.17) is 10.5 Å². The lowest BCUT2D eigenvalue weighted by molar-refractivity contribution is 0.0975. The molecule has 0 radical (unpaired) electrons. The van der Waals surface area contributed by atoms with Gasteiger partial charge in [0.1, 0.15) is 0 Å². The zero-order chi connectivity index (χ0) is 9.57. The maximum atomic E-state index is 5.83. The molecule has 2 N–H and O–H groups in total. The molecule has 0 spiro atoms. The van der Waals surface area contributed by atoms with Gasteiger partial charge in [0.2, 0.25) is 0 Å². The fourth-order valence-corrected chi connectivity index (χ4v) is 2.22. The Morgan fingerprint density at radius 3 is 2.46 bits per heavy atom. The normalized spacial score (nSPS) is 20.8. The Balaban J connectivity index is 2.16. The van der Waals surface area contributed by atoms with Crippen LogP contribution in [-0.4, -0.2) is 19.8 Å². The summed E-state index contributed by atoms with van der Waals surface area (Å²) in [4.78, 5) is 0. The van der Waals surface area contributed by atoms with Crippen LogP contribution in [-0.2, 0) is 4.74 Å². The van der Waals surface area contributed by atoms with Gasteiger partial charge in [0.25, 0.3) is 0 Å². The second kappa shape index (κ2) is 5.61. The monoisotopic (exact) mass is 185 g/mol. The zero-order valence-electron chi connectivity index (χ0n) is 8.85. The Morgan fingerprint density at radius 1 is 1.23 bits per heavy atom. The standard InChI is InChI=1S/C11H23NO/c1-2-8-13-9-7-11(10-12)5-3-4-6-11/h2-10,12H2,1H3. The van der Waals surface area contributed by atoms with Gasteiger partial charge in [0.05, 0.1) is 0 Å². The van der Waals surface area contributed by atoms with Crippen molar-refractivity contribution in [2.45, 2.75) is 45.4 Å². The van der Waals surface area contributed by atoms with E-state index < -0.39 is 0 Å². The molecule has 1 rings (SSSR count). The van der Waals surface area contributed by atoms with Crippen molar-refractivity contribution in [3.63, 3.8) is 0 Å². The fraction of sp³-hybridized carbons (Fsp3) is 1.00. The van der Waals surface area contributed by atoms with Crippen LogP contribution in [0.25, 0.3) is 0 Å². The van der Waals surface area contributed by atoms with Gasteiger partial charge in [-0.1, -0.05) is 19.8 Å². The quantitative estimate of drug-likeness (QED) is 0.645. The highest BCUT2D eigenvalue weighted by molar-refractivity contribution is 4.85. The van der Waals surface area contributed by atoms with Crippen molar-refractivity contribution in [2.24, 2.45) is 11.1 Å². The van der Waals surface area contributed by atoms with E-state index in [1.807, 2.05) is 0 Å². The molecule has 2 nitrogen and oxygen atoms in total. The van der Waals surface area contributed by atoms with Crippen molar-refractivity contribution in [3.8, 4) is 0 Å². The van der Waals surface area contributed by atoms with Crippen LogP contribution in [0.4, 0.5) is 0 Å². The smallest absolute Gasteiger partial charge is 0.0471 e. The van der Waals surface area contributed by atoms with Gasteiger partial charge in [-0.05, 0) is 37.6 Å². The first-order valence-electron chi connectivity index (χ1n) is 5.61. The molecule has 2 heteroatoms. The number of hydrogen-bond acceptors (Lipinski definition) is 2. The molecular weight excluding hydrogens is 162 g/mol. The molecule has 0 atom stereocenters. The van der Waals surface area contributed by atoms with Crippen LogP contribution in [0.1, 0.15) is 45.4 Å². The molecule has 1 saturated carbocycles. The van der Waals surface area contributed by atoms with Crippen LogP contribution < -0.4 is 5.73 Å². The topological polar surface area (TPSA) is 35.2 Å². The summed E-state index contributed by atoms with van der Waals surface area (Å²) in [5.74, 6) is 0. The molecule has 13 heavy (non-hydrogen) atoms. The third-order valence-corrected chi connectivity index (χ3v) is 3.22. The Morgan fingerprint density at radius 2 is 1.92 bits per heavy atom. The minimum atomic E-state index is 0.438. The summed E-state index contributed by atoms with van der Waals surface area (Å²) in [6.45, 7) is 4.81. The Kier molecular flexibility index (Phi) is 4.74. The number of nitrogens with two attached hydrogens (primary N) is 1. The van der Waals surface area contributed by atoms with Gasteiger partial charge in [0.15, 0.2) is 0 Å². The molecule has 78 valence electrons. The second-order valence-corrected chi connectivity index (χ2v) is 4.27. The molecule has 0 aromatic carbocycles. The molecule has 1 fully saturated rings. The Labute approximate surface area is 81.8 Å². The maximum absolute atomic E-state index is 5.83. The predicted molar refractivity (Wildman–Crippen MR) is 55.7 cm³/mol. The lowest BCUT2D eigenvalue weighted by atomic mass is 9.83. The molecule has 0 amide bonds. The SMILES string of the molecule is CCCOCCC1(CN)CCCC1. The molecule has 0 heterocycles. The molecule has 0 saturated heterocycles. The van der Waals surface area contributed by atoms with Crippen molar-refractivity contribution in [2.75, 3.05) is 19.8 Å². The third-order valence-electron chi connectivity index (χ3n) is 3.22. The van der Waals surface area contributed by atoms with Gasteiger partial charge in [-0.3, -0.25) is 0 Å². The van der Waals surface area contributed by atoms with E-state index in [2.05, 4.69) is 6.92 Å². The van der Waals surface area contributed by atoms with E-state index in [1.54, 1.807) is 0 Å². The highest BCUT2D eigenvalue weighted by Gasteiger charge is 2.31. The fourth-order valence-electron chi connectivity index (χ4n) is 2.22. The highest BCUT2D eigenvalue weighted by Crippen LogP contribution is 2.39. The minimum Gasteiger partial charge on any atom is -0.381 e. The number of rotatable bonds is 6. The van der Waals surface area contributed by atoms with Crippen LogP contribution in [0.3, 0.4) is 0 Å². The van der Waals surface area contributed by atoms with Gasteiger partial charge in [-0.15, -0.1) is 0 Å². The van der Waals surface area contributed by atoms with Crippen molar-refractivity contribution in [1.82, 2.24) is 0 Å². The summed E-state index contributed by atoms with van der Waals surface area (Å²) in [6.07, 6.45) is 7.66. The van der Waals surface area contributed by atoms with Gasteiger partial charge < -0.3 is 10.5 Å². The molecule has 0 aliphatic heterocycles. The summed E-state index contributed by atoms with van der Waals surface area (Å²) in [6, 6.07) is 0. The van der Waals surface area contributed by atoms with E-state index in [-0.39, 0.29) is 0 Å². The van der Waals surface area contributed by atoms with Crippen LogP contribution in [0.5, 0.6) is 0 Å². The summed E-state index contributed by atoms with van der Waals surface area (Å²) >= 11 is 0. The molecule has 0 aromatic rings. The summed E-state index contributed by atoms with van der Waals surface area (Å²) in [5, 5.41) is 0. The Hall–Kier alpha value is -0.0800. The van der Waals surface area contributed by atoms with Gasteiger partial charge in [-0.25, -0.2) is 0 Å². The van der Waals surface area contributed by atoms with Crippen molar-refractivity contribution >= 4 is 0 Å². The lowest BCUT2D eigenvalue weighted by Gasteiger charge is -2.26. The van der Waals surface area contributed by atoms with Gasteiger partial charge >= 0.3 is 0 Å². The van der Waals surface area contributed by atoms with Crippen molar-refractivity contribution in [1.29, 1.82) is 0 Å². The molecule has 1 aliphatic rings. The highest BCUT2D eigenvalue weighted by atomic mass is 16.5. The average Bonchev–Trinajstić information content (AvgIpc) is 2.62. The van der Waals surface area contributed by atoms with Gasteiger partial charge in [0, 0.05) is 13.2 Å². The summed E-state index contributed by atoms with van der Waals surface area (Å²) < 4.78 is 5.52. The van der Waals surface area contributed by atoms with E-state index >= 15 is 0 Å². The number of hydrogen-bond donors (Lipinski definition) is 1. The first-order valence-corrected chi connectivity index (χ1v) is 5.61. The number of ether oxygens (including phenoxy) is 1. The van der Waals surface area contributed by atoms with Crippen LogP contribution in [0, 0.1) is 5.41 Å². The largest absolute Gasteiger partial charge is 0.381 e. The molecule has 1 aliphatic carbocycles. The van der Waals surface area contributed by atoms with E-state index in [0.717, 1.165) is 26.2 Å². The molecule has 0 unspecified atom stereocenters. The van der Waals surface area contributed by atoms with Crippen LogP contribution >= 0.6 is 0 Å². The van der Waals surface area contributed by atoms with Gasteiger partial charge in [-0.2, -0.15) is 0 Å². The molecule has 0 aromatic heterocycles. The van der Waals surface area contributed by atoms with Crippen molar-refractivity contribution in [3.05, 3.63) is 0 Å². The van der Waals surface area contributed by atoms with E-state index in [1.165, 1.54) is 32.1 Å². The van der Waals surface area contributed by atoms with Crippen molar-refractivity contribution < 1.29 is 4.74 Å². The molecule has 0 bridgehead atoms. The summed E-state index contributed by atoms with van der Waals surface area (Å²) in [7, 11) is 0.